The molecule has 0 fully saturated rings. The van der Waals surface area contributed by atoms with Crippen LogP contribution in [0.2, 0.25) is 0 Å². The van der Waals surface area contributed by atoms with Gasteiger partial charge >= 0.3 is 11.9 Å². The molecule has 0 bridgehead atoms. The average Bonchev–Trinajstić information content (AvgIpc) is 2.36. The maximum atomic E-state index is 11.6. The highest BCUT2D eigenvalue weighted by molar-refractivity contribution is 5.95. The zero-order valence-corrected chi connectivity index (χ0v) is 10.7. The molecule has 21 heavy (non-hydrogen) atoms. The van der Waals surface area contributed by atoms with Gasteiger partial charge in [-0.15, -0.1) is 0 Å². The predicted octanol–water partition coefficient (Wildman–Crippen LogP) is -3.96. The van der Waals surface area contributed by atoms with Crippen molar-refractivity contribution in [2.45, 2.75) is 24.9 Å². The van der Waals surface area contributed by atoms with E-state index in [1.54, 1.807) is 0 Å². The molecule has 11 nitrogen and oxygen atoms in total. The van der Waals surface area contributed by atoms with Gasteiger partial charge < -0.3 is 26.8 Å². The normalized spacial score (nSPS) is 12.4. The summed E-state index contributed by atoms with van der Waals surface area (Å²) in [7, 11) is 0. The van der Waals surface area contributed by atoms with E-state index in [1.807, 2.05) is 10.6 Å². The minimum absolute atomic E-state index is 0.115. The first-order valence-corrected chi connectivity index (χ1v) is 5.53. The molecule has 0 aliphatic heterocycles. The van der Waals surface area contributed by atoms with Crippen LogP contribution in [0.15, 0.2) is 0 Å². The number of primary amides is 2. The second-order valence-electron chi connectivity index (χ2n) is 3.76. The lowest BCUT2D eigenvalue weighted by atomic mass is 10.2. The molecule has 0 saturated heterocycles. The molecule has 6 N–H and O–H groups in total. The van der Waals surface area contributed by atoms with E-state index in [1.165, 1.54) is 0 Å². The Morgan fingerprint density at radius 3 is 1.43 bits per heavy atom. The van der Waals surface area contributed by atoms with Crippen molar-refractivity contribution in [2.75, 3.05) is 0 Å². The quantitative estimate of drug-likeness (QED) is 0.180. The highest BCUT2D eigenvalue weighted by Crippen LogP contribution is 2.00. The number of nitrogens with two attached hydrogens (primary N) is 2. The Morgan fingerprint density at radius 2 is 1.19 bits per heavy atom. The summed E-state index contributed by atoms with van der Waals surface area (Å²) in [5, 5.41) is 3.88. The third-order valence-electron chi connectivity index (χ3n) is 2.12. The summed E-state index contributed by atoms with van der Waals surface area (Å²) in [5.41, 5.74) is 9.72. The van der Waals surface area contributed by atoms with Crippen LogP contribution in [0.1, 0.15) is 12.8 Å². The van der Waals surface area contributed by atoms with Crippen LogP contribution in [0.5, 0.6) is 0 Å². The molecule has 4 amide bonds. The second kappa shape index (κ2) is 9.01. The topological polar surface area (TPSA) is 188 Å². The van der Waals surface area contributed by atoms with Crippen molar-refractivity contribution in [2.24, 2.45) is 11.5 Å². The largest absolute Gasteiger partial charge is 0.390 e. The van der Waals surface area contributed by atoms with E-state index in [-0.39, 0.29) is 12.8 Å². The second-order valence-corrected chi connectivity index (χ2v) is 3.76. The van der Waals surface area contributed by atoms with E-state index >= 15 is 0 Å². The fraction of sp³-hybridized carbons (Fsp3) is 0.400. The Balaban J connectivity index is 4.78. The van der Waals surface area contributed by atoms with Gasteiger partial charge in [-0.25, -0.2) is 9.59 Å². The summed E-state index contributed by atoms with van der Waals surface area (Å²) in [5.74, 6) is -4.38. The number of hydrogen-bond acceptors (Lipinski definition) is 7. The summed E-state index contributed by atoms with van der Waals surface area (Å²) in [4.78, 5) is 65.1. The van der Waals surface area contributed by atoms with Gasteiger partial charge in [0, 0.05) is 0 Å². The Labute approximate surface area is 118 Å². The van der Waals surface area contributed by atoms with Crippen LogP contribution in [0, 0.1) is 0 Å². The van der Waals surface area contributed by atoms with Crippen LogP contribution in [0.25, 0.3) is 0 Å². The van der Waals surface area contributed by atoms with E-state index in [2.05, 4.69) is 4.74 Å². The third kappa shape index (κ3) is 7.25. The van der Waals surface area contributed by atoms with E-state index in [0.29, 0.717) is 0 Å². The average molecular weight is 302 g/mol. The molecular weight excluding hydrogens is 288 g/mol. The first kappa shape index (κ1) is 18.0. The SMILES string of the molecule is NC(=O)C[C@H](NC=O)C(=O)OC(=O)[C@H](CC(N)=O)NC=O. The van der Waals surface area contributed by atoms with Crippen LogP contribution in [0.4, 0.5) is 0 Å². The number of nitrogens with one attached hydrogen (secondary N) is 2. The Bertz CT molecular complexity index is 411. The fourth-order valence-electron chi connectivity index (χ4n) is 1.23. The first-order chi connectivity index (χ1) is 9.81. The monoisotopic (exact) mass is 302 g/mol. The molecule has 116 valence electrons. The minimum Gasteiger partial charge on any atom is -0.390 e. The van der Waals surface area contributed by atoms with Crippen LogP contribution >= 0.6 is 0 Å². The number of hydrogen-bond donors (Lipinski definition) is 4. The standard InChI is InChI=1S/C10H14N4O7/c11-7(17)1-5(13-3-15)9(19)21-10(20)6(14-4-16)2-8(12)18/h3-6H,1-2H2,(H2,11,17)(H2,12,18)(H,13,15)(H,14,16)/t5-,6-/m0/s1. The van der Waals surface area contributed by atoms with Gasteiger partial charge in [0.15, 0.2) is 0 Å². The molecular formula is C10H14N4O7. The molecule has 0 rings (SSSR count). The first-order valence-electron chi connectivity index (χ1n) is 5.53. The third-order valence-corrected chi connectivity index (χ3v) is 2.12. The summed E-state index contributed by atoms with van der Waals surface area (Å²) in [6.45, 7) is 0. The van der Waals surface area contributed by atoms with Crippen LogP contribution in [-0.4, -0.2) is 48.7 Å². The Kier molecular flexibility index (Phi) is 7.73. The van der Waals surface area contributed by atoms with Gasteiger partial charge in [0.05, 0.1) is 12.8 Å². The number of esters is 2. The van der Waals surface area contributed by atoms with Crippen molar-refractivity contribution in [3.8, 4) is 0 Å². The summed E-state index contributed by atoms with van der Waals surface area (Å²) >= 11 is 0. The van der Waals surface area contributed by atoms with Crippen LogP contribution in [0.3, 0.4) is 0 Å². The Morgan fingerprint density at radius 1 is 0.857 bits per heavy atom. The Hall–Kier alpha value is -2.98. The molecule has 0 heterocycles. The van der Waals surface area contributed by atoms with E-state index in [4.69, 9.17) is 11.5 Å². The molecule has 0 aromatic heterocycles. The lowest BCUT2D eigenvalue weighted by molar-refractivity contribution is -0.164. The molecule has 0 aromatic rings. The van der Waals surface area contributed by atoms with Crippen molar-refractivity contribution < 1.29 is 33.5 Å². The smallest absolute Gasteiger partial charge is 0.336 e. The number of rotatable bonds is 10. The molecule has 0 unspecified atom stereocenters. The van der Waals surface area contributed by atoms with Gasteiger partial charge in [0.1, 0.15) is 12.1 Å². The predicted molar refractivity (Wildman–Crippen MR) is 64.7 cm³/mol. The molecule has 0 aliphatic rings. The van der Waals surface area contributed by atoms with Crippen LogP contribution < -0.4 is 22.1 Å². The molecule has 0 aliphatic carbocycles. The van der Waals surface area contributed by atoms with E-state index in [9.17, 15) is 28.8 Å². The number of amides is 4. The number of carbonyl (C=O) groups excluding carboxylic acids is 6. The van der Waals surface area contributed by atoms with Crippen molar-refractivity contribution in [1.82, 2.24) is 10.6 Å². The highest BCUT2D eigenvalue weighted by atomic mass is 16.6. The van der Waals surface area contributed by atoms with Crippen molar-refractivity contribution >= 4 is 36.6 Å². The number of carbonyl (C=O) groups is 6. The molecule has 11 heteroatoms. The molecule has 2 atom stereocenters. The molecule has 0 saturated carbocycles. The van der Waals surface area contributed by atoms with Gasteiger partial charge in [-0.3, -0.25) is 19.2 Å². The van der Waals surface area contributed by atoms with Crippen molar-refractivity contribution in [1.29, 1.82) is 0 Å². The maximum absolute atomic E-state index is 11.6. The lowest BCUT2D eigenvalue weighted by Gasteiger charge is -2.16. The van der Waals surface area contributed by atoms with Crippen molar-refractivity contribution in [3.63, 3.8) is 0 Å². The van der Waals surface area contributed by atoms with Gasteiger partial charge in [0.25, 0.3) is 0 Å². The fourth-order valence-corrected chi connectivity index (χ4v) is 1.23. The molecule has 0 radical (unpaired) electrons. The zero-order valence-electron chi connectivity index (χ0n) is 10.7. The minimum atomic E-state index is -1.46. The summed E-state index contributed by atoms with van der Waals surface area (Å²) in [6.07, 6.45) is -0.952. The van der Waals surface area contributed by atoms with Gasteiger partial charge in [-0.2, -0.15) is 0 Å². The van der Waals surface area contributed by atoms with Gasteiger partial charge in [-0.05, 0) is 0 Å². The number of ether oxygens (including phenoxy) is 1. The van der Waals surface area contributed by atoms with E-state index < -0.39 is 48.7 Å². The summed E-state index contributed by atoms with van der Waals surface area (Å²) in [6, 6.07) is -2.93. The zero-order chi connectivity index (χ0) is 16.4. The van der Waals surface area contributed by atoms with Gasteiger partial charge in [-0.1, -0.05) is 0 Å². The molecule has 0 aromatic carbocycles. The molecule has 0 spiro atoms. The van der Waals surface area contributed by atoms with Crippen LogP contribution in [-0.2, 0) is 33.5 Å². The van der Waals surface area contributed by atoms with E-state index in [0.717, 1.165) is 0 Å². The lowest BCUT2D eigenvalue weighted by Crippen LogP contribution is -2.46. The summed E-state index contributed by atoms with van der Waals surface area (Å²) < 4.78 is 4.35. The van der Waals surface area contributed by atoms with Crippen molar-refractivity contribution in [3.05, 3.63) is 0 Å². The highest BCUT2D eigenvalue weighted by Gasteiger charge is 2.29. The maximum Gasteiger partial charge on any atom is 0.336 e. The van der Waals surface area contributed by atoms with Gasteiger partial charge in [0.2, 0.25) is 24.6 Å².